The van der Waals surface area contributed by atoms with Gasteiger partial charge in [-0.05, 0) is 52.3 Å². The molecule has 194 valence electrons. The third-order valence-electron chi connectivity index (χ3n) is 8.29. The number of hydrogen-bond donors (Lipinski definition) is 0. The third kappa shape index (κ3) is 3.35. The van der Waals surface area contributed by atoms with Crippen LogP contribution < -0.4 is 14.2 Å². The molecule has 0 heterocycles. The molecule has 0 aliphatic heterocycles. The summed E-state index contributed by atoms with van der Waals surface area (Å²) < 4.78 is 57.8. The Bertz CT molecular complexity index is 1480. The van der Waals surface area contributed by atoms with Crippen LogP contribution >= 0.6 is 0 Å². The van der Waals surface area contributed by atoms with Crippen LogP contribution in [0.5, 0.6) is 17.2 Å². The number of halogens is 3. The monoisotopic (exact) mass is 516 g/mol. The number of alkyl halides is 3. The number of hydrogen-bond acceptors (Lipinski definition) is 3. The number of rotatable bonds is 5. The minimum absolute atomic E-state index is 0.00904. The Labute approximate surface area is 219 Å². The SMILES string of the molecule is COc1cc(OC)c(C2c3ccccc3[C@]3(c4ccc(C(F)(F)F)cc4)c4ccccc4C[C@H]23)c(OC)c1. The van der Waals surface area contributed by atoms with Gasteiger partial charge in [-0.1, -0.05) is 60.7 Å². The summed E-state index contributed by atoms with van der Waals surface area (Å²) in [6.45, 7) is 0. The van der Waals surface area contributed by atoms with Gasteiger partial charge in [0.15, 0.2) is 0 Å². The largest absolute Gasteiger partial charge is 0.496 e. The normalized spacial score (nSPS) is 21.4. The zero-order valence-electron chi connectivity index (χ0n) is 21.3. The molecule has 6 rings (SSSR count). The first kappa shape index (κ1) is 24.4. The molecule has 0 saturated heterocycles. The first-order valence-corrected chi connectivity index (χ1v) is 12.5. The number of benzene rings is 4. The minimum atomic E-state index is -4.40. The Morgan fingerprint density at radius 2 is 1.34 bits per heavy atom. The van der Waals surface area contributed by atoms with Crippen molar-refractivity contribution < 1.29 is 27.4 Å². The van der Waals surface area contributed by atoms with Crippen molar-refractivity contribution in [1.82, 2.24) is 0 Å². The summed E-state index contributed by atoms with van der Waals surface area (Å²) in [4.78, 5) is 0. The van der Waals surface area contributed by atoms with Crippen LogP contribution in [0.25, 0.3) is 0 Å². The van der Waals surface area contributed by atoms with Crippen LogP contribution in [0.3, 0.4) is 0 Å². The summed E-state index contributed by atoms with van der Waals surface area (Å²) >= 11 is 0. The van der Waals surface area contributed by atoms with E-state index >= 15 is 0 Å². The Balaban J connectivity index is 1.66. The first-order chi connectivity index (χ1) is 18.3. The maximum atomic E-state index is 13.5. The first-order valence-electron chi connectivity index (χ1n) is 12.5. The average molecular weight is 517 g/mol. The van der Waals surface area contributed by atoms with Gasteiger partial charge in [0.05, 0.1) is 26.9 Å². The highest BCUT2D eigenvalue weighted by molar-refractivity contribution is 5.69. The highest BCUT2D eigenvalue weighted by atomic mass is 19.4. The molecular formula is C32H27F3O3. The molecule has 0 N–H and O–H groups in total. The molecule has 1 unspecified atom stereocenters. The highest BCUT2D eigenvalue weighted by Crippen LogP contribution is 2.66. The molecule has 0 amide bonds. The fourth-order valence-corrected chi connectivity index (χ4v) is 6.87. The maximum Gasteiger partial charge on any atom is 0.416 e. The Morgan fingerprint density at radius 1 is 0.737 bits per heavy atom. The van der Waals surface area contributed by atoms with Gasteiger partial charge in [0.25, 0.3) is 0 Å². The van der Waals surface area contributed by atoms with Gasteiger partial charge in [0.1, 0.15) is 17.2 Å². The molecule has 4 aromatic carbocycles. The molecule has 3 atom stereocenters. The fraction of sp³-hybridized carbons (Fsp3) is 0.250. The van der Waals surface area contributed by atoms with Crippen LogP contribution in [-0.2, 0) is 18.0 Å². The summed E-state index contributed by atoms with van der Waals surface area (Å²) in [5.41, 5.74) is 5.03. The minimum Gasteiger partial charge on any atom is -0.496 e. The lowest BCUT2D eigenvalue weighted by molar-refractivity contribution is -0.137. The van der Waals surface area contributed by atoms with Crippen LogP contribution in [0.2, 0.25) is 0 Å². The second-order valence-corrected chi connectivity index (χ2v) is 9.86. The molecule has 0 radical (unpaired) electrons. The predicted octanol–water partition coefficient (Wildman–Crippen LogP) is 7.38. The summed E-state index contributed by atoms with van der Waals surface area (Å²) in [6, 6.07) is 26.0. The zero-order chi connectivity index (χ0) is 26.7. The summed E-state index contributed by atoms with van der Waals surface area (Å²) in [5, 5.41) is 0. The molecule has 2 aliphatic carbocycles. The quantitative estimate of drug-likeness (QED) is 0.277. The maximum absolute atomic E-state index is 13.5. The van der Waals surface area contributed by atoms with Crippen molar-refractivity contribution in [2.45, 2.75) is 23.9 Å². The van der Waals surface area contributed by atoms with Gasteiger partial charge in [0.2, 0.25) is 0 Å². The second-order valence-electron chi connectivity index (χ2n) is 9.86. The lowest BCUT2D eigenvalue weighted by Crippen LogP contribution is -2.32. The van der Waals surface area contributed by atoms with Gasteiger partial charge < -0.3 is 14.2 Å². The second kappa shape index (κ2) is 8.83. The molecule has 3 nitrogen and oxygen atoms in total. The molecule has 0 saturated carbocycles. The molecule has 6 heteroatoms. The standard InChI is InChI=1S/C32H27F3O3/c1-36-22-17-27(37-2)30(28(18-22)38-3)29-23-9-5-7-11-25(23)31(20-12-14-21(15-13-20)32(33,34)35)24-10-6-4-8-19(24)16-26(29)31/h4-15,17-18,26,29H,16H2,1-3H3/t26-,29?,31+/m1/s1. The van der Waals surface area contributed by atoms with Crippen molar-refractivity contribution in [2.75, 3.05) is 21.3 Å². The van der Waals surface area contributed by atoms with Gasteiger partial charge in [-0.2, -0.15) is 13.2 Å². The molecule has 0 fully saturated rings. The van der Waals surface area contributed by atoms with Crippen molar-refractivity contribution in [1.29, 1.82) is 0 Å². The van der Waals surface area contributed by atoms with Gasteiger partial charge in [-0.25, -0.2) is 0 Å². The third-order valence-corrected chi connectivity index (χ3v) is 8.29. The average Bonchev–Trinajstić information content (AvgIpc) is 3.42. The zero-order valence-corrected chi connectivity index (χ0v) is 21.3. The molecular weight excluding hydrogens is 489 g/mol. The number of ether oxygens (including phenoxy) is 3. The predicted molar refractivity (Wildman–Crippen MR) is 139 cm³/mol. The van der Waals surface area contributed by atoms with E-state index in [-0.39, 0.29) is 11.8 Å². The van der Waals surface area contributed by atoms with Gasteiger partial charge >= 0.3 is 6.18 Å². The Hall–Kier alpha value is -3.93. The molecule has 38 heavy (non-hydrogen) atoms. The highest BCUT2D eigenvalue weighted by Gasteiger charge is 2.59. The summed E-state index contributed by atoms with van der Waals surface area (Å²) in [7, 11) is 4.86. The molecule has 4 aromatic rings. The van der Waals surface area contributed by atoms with Gasteiger partial charge in [-0.3, -0.25) is 0 Å². The Morgan fingerprint density at radius 3 is 1.95 bits per heavy atom. The van der Waals surface area contributed by atoms with E-state index in [1.165, 1.54) is 17.7 Å². The molecule has 0 spiro atoms. The van der Waals surface area contributed by atoms with Gasteiger partial charge in [0, 0.05) is 29.0 Å². The smallest absolute Gasteiger partial charge is 0.416 e. The summed E-state index contributed by atoms with van der Waals surface area (Å²) in [6.07, 6.45) is -3.64. The van der Waals surface area contributed by atoms with Crippen LogP contribution in [0.15, 0.2) is 84.9 Å². The van der Waals surface area contributed by atoms with E-state index in [1.54, 1.807) is 33.5 Å². The van der Waals surface area contributed by atoms with Crippen molar-refractivity contribution in [3.8, 4) is 17.2 Å². The topological polar surface area (TPSA) is 27.7 Å². The Kier molecular flexibility index (Phi) is 5.67. The van der Waals surface area contributed by atoms with E-state index in [0.29, 0.717) is 17.2 Å². The number of fused-ring (bicyclic) bond motifs is 5. The van der Waals surface area contributed by atoms with Crippen LogP contribution in [-0.4, -0.2) is 21.3 Å². The summed E-state index contributed by atoms with van der Waals surface area (Å²) in [5.74, 6) is 1.79. The van der Waals surface area contributed by atoms with Crippen molar-refractivity contribution >= 4 is 0 Å². The van der Waals surface area contributed by atoms with E-state index in [2.05, 4.69) is 24.3 Å². The van der Waals surface area contributed by atoms with E-state index in [4.69, 9.17) is 14.2 Å². The van der Waals surface area contributed by atoms with E-state index in [0.717, 1.165) is 34.2 Å². The molecule has 0 bridgehead atoms. The van der Waals surface area contributed by atoms with E-state index < -0.39 is 17.2 Å². The van der Waals surface area contributed by atoms with Crippen LogP contribution in [0.1, 0.15) is 44.9 Å². The molecule has 2 aliphatic rings. The lowest BCUT2D eigenvalue weighted by Gasteiger charge is -2.35. The number of methoxy groups -OCH3 is 3. The van der Waals surface area contributed by atoms with E-state index in [9.17, 15) is 13.2 Å². The van der Waals surface area contributed by atoms with Gasteiger partial charge in [-0.15, -0.1) is 0 Å². The van der Waals surface area contributed by atoms with Crippen molar-refractivity contribution in [3.05, 3.63) is 124 Å². The van der Waals surface area contributed by atoms with E-state index in [1.807, 2.05) is 36.4 Å². The fourth-order valence-electron chi connectivity index (χ4n) is 6.87. The lowest BCUT2D eigenvalue weighted by atomic mass is 9.66. The van der Waals surface area contributed by atoms with Crippen LogP contribution in [0, 0.1) is 5.92 Å². The molecule has 0 aromatic heterocycles. The van der Waals surface area contributed by atoms with Crippen molar-refractivity contribution in [3.63, 3.8) is 0 Å². The van der Waals surface area contributed by atoms with Crippen molar-refractivity contribution in [2.24, 2.45) is 5.92 Å². The van der Waals surface area contributed by atoms with Crippen LogP contribution in [0.4, 0.5) is 13.2 Å².